The average molecular weight is 200 g/mol. The lowest BCUT2D eigenvalue weighted by atomic mass is 10.2. The van der Waals surface area contributed by atoms with Crippen LogP contribution in [0.2, 0.25) is 5.02 Å². The topological polar surface area (TPSA) is 68.0 Å². The van der Waals surface area contributed by atoms with E-state index >= 15 is 0 Å². The van der Waals surface area contributed by atoms with E-state index in [2.05, 4.69) is 4.98 Å². The largest absolute Gasteiger partial charge is 0.290 e. The molecule has 1 rings (SSSR count). The second-order valence-corrected chi connectivity index (χ2v) is 3.09. The van der Waals surface area contributed by atoms with Gasteiger partial charge in [-0.25, -0.2) is 5.84 Å². The molecule has 4 nitrogen and oxygen atoms in total. The number of carbonyl (C=O) groups excluding carboxylic acids is 1. The number of rotatable bonds is 1. The molecule has 0 spiro atoms. The number of aryl methyl sites for hydroxylation is 2. The highest BCUT2D eigenvalue weighted by Crippen LogP contribution is 2.18. The molecule has 1 heterocycles. The van der Waals surface area contributed by atoms with Crippen molar-refractivity contribution in [2.24, 2.45) is 5.84 Å². The third kappa shape index (κ3) is 1.96. The Hall–Kier alpha value is -1.13. The van der Waals surface area contributed by atoms with Gasteiger partial charge >= 0.3 is 0 Å². The molecule has 13 heavy (non-hydrogen) atoms. The molecule has 0 atom stereocenters. The van der Waals surface area contributed by atoms with Crippen molar-refractivity contribution < 1.29 is 4.79 Å². The van der Waals surface area contributed by atoms with Crippen molar-refractivity contribution in [1.82, 2.24) is 10.4 Å². The summed E-state index contributed by atoms with van der Waals surface area (Å²) in [4.78, 5) is 15.3. The maximum absolute atomic E-state index is 11.2. The molecule has 0 aliphatic rings. The number of hydrogen-bond acceptors (Lipinski definition) is 3. The molecule has 0 saturated carbocycles. The van der Waals surface area contributed by atoms with E-state index in [0.29, 0.717) is 16.3 Å². The van der Waals surface area contributed by atoms with E-state index in [0.717, 1.165) is 5.69 Å². The Kier molecular flexibility index (Phi) is 2.85. The average Bonchev–Trinajstić information content (AvgIpc) is 2.02. The molecule has 0 aromatic carbocycles. The van der Waals surface area contributed by atoms with Crippen LogP contribution >= 0.6 is 11.6 Å². The van der Waals surface area contributed by atoms with Crippen LogP contribution in [-0.4, -0.2) is 10.9 Å². The lowest BCUT2D eigenvalue weighted by Gasteiger charge is -2.06. The number of nitrogens with zero attached hydrogens (tertiary/aromatic N) is 1. The number of hydrogen-bond donors (Lipinski definition) is 2. The highest BCUT2D eigenvalue weighted by molar-refractivity contribution is 6.34. The van der Waals surface area contributed by atoms with E-state index in [9.17, 15) is 4.79 Å². The molecule has 1 amide bonds. The molecule has 70 valence electrons. The maximum Gasteiger partial charge on any atom is 0.268 e. The molecule has 0 bridgehead atoms. The Morgan fingerprint density at radius 2 is 2.23 bits per heavy atom. The summed E-state index contributed by atoms with van der Waals surface area (Å²) < 4.78 is 0. The third-order valence-corrected chi connectivity index (χ3v) is 1.94. The van der Waals surface area contributed by atoms with Crippen LogP contribution in [0.25, 0.3) is 0 Å². The number of nitrogens with two attached hydrogens (primary N) is 1. The number of pyridine rings is 1. The minimum Gasteiger partial charge on any atom is -0.290 e. The first-order valence-electron chi connectivity index (χ1n) is 3.71. The predicted molar refractivity (Wildman–Crippen MR) is 50.4 cm³/mol. The van der Waals surface area contributed by atoms with Crippen molar-refractivity contribution in [2.75, 3.05) is 0 Å². The molecular weight excluding hydrogens is 190 g/mol. The number of nitrogen functional groups attached to an aromatic ring is 1. The maximum atomic E-state index is 11.2. The highest BCUT2D eigenvalue weighted by Gasteiger charge is 2.13. The molecule has 1 aromatic rings. The zero-order valence-electron chi connectivity index (χ0n) is 7.39. The third-order valence-electron chi connectivity index (χ3n) is 1.64. The summed E-state index contributed by atoms with van der Waals surface area (Å²) in [5.74, 6) is 4.57. The Bertz CT molecular complexity index is 328. The van der Waals surface area contributed by atoms with Crippen LogP contribution in [0.3, 0.4) is 0 Å². The van der Waals surface area contributed by atoms with Gasteiger partial charge in [0.1, 0.15) is 0 Å². The Labute approximate surface area is 81.1 Å². The fraction of sp³-hybridized carbons (Fsp3) is 0.250. The van der Waals surface area contributed by atoms with Crippen molar-refractivity contribution in [2.45, 2.75) is 13.8 Å². The van der Waals surface area contributed by atoms with Crippen LogP contribution in [0.15, 0.2) is 6.07 Å². The van der Waals surface area contributed by atoms with Crippen LogP contribution < -0.4 is 11.3 Å². The quantitative estimate of drug-likeness (QED) is 0.402. The van der Waals surface area contributed by atoms with Gasteiger partial charge in [-0.2, -0.15) is 0 Å². The highest BCUT2D eigenvalue weighted by atomic mass is 35.5. The van der Waals surface area contributed by atoms with Gasteiger partial charge in [-0.3, -0.25) is 15.2 Å². The Morgan fingerprint density at radius 1 is 1.62 bits per heavy atom. The molecule has 0 aliphatic heterocycles. The number of aromatic nitrogens is 1. The van der Waals surface area contributed by atoms with Gasteiger partial charge in [-0.15, -0.1) is 0 Å². The van der Waals surface area contributed by atoms with Crippen LogP contribution in [0.1, 0.15) is 21.7 Å². The van der Waals surface area contributed by atoms with Crippen LogP contribution in [0, 0.1) is 13.8 Å². The minimum atomic E-state index is -0.421. The van der Waals surface area contributed by atoms with Crippen molar-refractivity contribution in [3.05, 3.63) is 28.0 Å². The second-order valence-electron chi connectivity index (χ2n) is 2.68. The van der Waals surface area contributed by atoms with Gasteiger partial charge in [0.15, 0.2) is 0 Å². The monoisotopic (exact) mass is 199 g/mol. The van der Waals surface area contributed by atoms with Gasteiger partial charge in [-0.1, -0.05) is 11.6 Å². The second kappa shape index (κ2) is 3.72. The number of halogens is 1. The molecule has 3 N–H and O–H groups in total. The minimum absolute atomic E-state index is 0.328. The summed E-state index contributed by atoms with van der Waals surface area (Å²) >= 11 is 5.85. The predicted octanol–water partition coefficient (Wildman–Crippen LogP) is 0.955. The Balaban J connectivity index is 3.28. The standard InChI is InChI=1S/C8H10ClN3O/c1-4-3-6(9)7(5(2)11-4)8(13)12-10/h3H,10H2,1-2H3,(H,12,13). The lowest BCUT2D eigenvalue weighted by molar-refractivity contribution is 0.0953. The van der Waals surface area contributed by atoms with E-state index in [1.165, 1.54) is 0 Å². The molecular formula is C8H10ClN3O. The summed E-state index contributed by atoms with van der Waals surface area (Å²) in [6.07, 6.45) is 0. The van der Waals surface area contributed by atoms with Gasteiger partial charge in [0, 0.05) is 5.69 Å². The van der Waals surface area contributed by atoms with Gasteiger partial charge in [-0.05, 0) is 19.9 Å². The lowest BCUT2D eigenvalue weighted by Crippen LogP contribution is -2.31. The van der Waals surface area contributed by atoms with E-state index in [4.69, 9.17) is 17.4 Å². The summed E-state index contributed by atoms with van der Waals surface area (Å²) in [7, 11) is 0. The summed E-state index contributed by atoms with van der Waals surface area (Å²) in [5.41, 5.74) is 3.70. The summed E-state index contributed by atoms with van der Waals surface area (Å²) in [6.45, 7) is 3.52. The van der Waals surface area contributed by atoms with Gasteiger partial charge in [0.05, 0.1) is 16.3 Å². The van der Waals surface area contributed by atoms with Crippen LogP contribution in [0.5, 0.6) is 0 Å². The van der Waals surface area contributed by atoms with Crippen molar-refractivity contribution >= 4 is 17.5 Å². The summed E-state index contributed by atoms with van der Waals surface area (Å²) in [5, 5.41) is 0.368. The number of hydrazine groups is 1. The van der Waals surface area contributed by atoms with E-state index in [1.54, 1.807) is 13.0 Å². The van der Waals surface area contributed by atoms with Crippen molar-refractivity contribution in [3.8, 4) is 0 Å². The molecule has 1 aromatic heterocycles. The Morgan fingerprint density at radius 3 is 2.69 bits per heavy atom. The van der Waals surface area contributed by atoms with Crippen molar-refractivity contribution in [1.29, 1.82) is 0 Å². The molecule has 5 heteroatoms. The first-order chi connectivity index (χ1) is 6.06. The normalized spacial score (nSPS) is 9.85. The molecule has 0 fully saturated rings. The number of nitrogens with one attached hydrogen (secondary N) is 1. The SMILES string of the molecule is Cc1cc(Cl)c(C(=O)NN)c(C)n1. The van der Waals surface area contributed by atoms with E-state index < -0.39 is 5.91 Å². The molecule has 0 radical (unpaired) electrons. The van der Waals surface area contributed by atoms with E-state index in [1.807, 2.05) is 12.3 Å². The first kappa shape index (κ1) is 9.95. The molecule has 0 saturated heterocycles. The van der Waals surface area contributed by atoms with Crippen LogP contribution in [0.4, 0.5) is 0 Å². The van der Waals surface area contributed by atoms with Crippen molar-refractivity contribution in [3.63, 3.8) is 0 Å². The molecule has 0 unspecified atom stereocenters. The molecule has 0 aliphatic carbocycles. The number of carbonyl (C=O) groups is 1. The van der Waals surface area contributed by atoms with Gasteiger partial charge < -0.3 is 0 Å². The zero-order chi connectivity index (χ0) is 10.0. The first-order valence-corrected chi connectivity index (χ1v) is 4.08. The van der Waals surface area contributed by atoms with E-state index in [-0.39, 0.29) is 0 Å². The van der Waals surface area contributed by atoms with Crippen LogP contribution in [-0.2, 0) is 0 Å². The smallest absolute Gasteiger partial charge is 0.268 e. The zero-order valence-corrected chi connectivity index (χ0v) is 8.14. The van der Waals surface area contributed by atoms with Gasteiger partial charge in [0.25, 0.3) is 5.91 Å². The fourth-order valence-corrected chi connectivity index (χ4v) is 1.51. The fourth-order valence-electron chi connectivity index (χ4n) is 1.13. The number of amides is 1. The van der Waals surface area contributed by atoms with Gasteiger partial charge in [0.2, 0.25) is 0 Å². The summed E-state index contributed by atoms with van der Waals surface area (Å²) in [6, 6.07) is 1.62.